The van der Waals surface area contributed by atoms with Crippen molar-refractivity contribution in [3.05, 3.63) is 35.9 Å². The zero-order chi connectivity index (χ0) is 21.6. The standard InChI is InChI=1S/C19H27N5O5/c1-13(25)17(19(28)29)23-18(27)15(12-14-8-4-2-5-9-14)22-16(26)10-6-3-7-11-21-24-20/h2,4-5,8-9,13,15,17,20,25H,3,6-7,10-12H2,1H3,(H2-,22,23,26,27,28,29)/p+1/t13-,15-,17+/m1/s1. The fourth-order valence-corrected chi connectivity index (χ4v) is 2.66. The number of hydrogen-bond donors (Lipinski definition) is 5. The lowest BCUT2D eigenvalue weighted by Gasteiger charge is -2.23. The molecule has 0 aromatic heterocycles. The lowest BCUT2D eigenvalue weighted by Crippen LogP contribution is -2.55. The number of aliphatic carboxylic acids is 1. The zero-order valence-corrected chi connectivity index (χ0v) is 16.4. The number of carboxylic acids is 1. The van der Waals surface area contributed by atoms with Gasteiger partial charge in [-0.05, 0) is 25.3 Å². The summed E-state index contributed by atoms with van der Waals surface area (Å²) < 4.78 is 0. The van der Waals surface area contributed by atoms with E-state index in [0.717, 1.165) is 12.0 Å². The van der Waals surface area contributed by atoms with Crippen LogP contribution in [0.15, 0.2) is 35.4 Å². The van der Waals surface area contributed by atoms with Crippen molar-refractivity contribution in [1.29, 1.82) is 5.53 Å². The van der Waals surface area contributed by atoms with Crippen molar-refractivity contribution in [2.45, 2.75) is 57.2 Å². The Morgan fingerprint density at radius 2 is 1.83 bits per heavy atom. The molecule has 29 heavy (non-hydrogen) atoms. The van der Waals surface area contributed by atoms with Crippen LogP contribution in [-0.4, -0.2) is 52.7 Å². The van der Waals surface area contributed by atoms with Gasteiger partial charge in [-0.1, -0.05) is 36.8 Å². The minimum Gasteiger partial charge on any atom is -0.480 e. The largest absolute Gasteiger partial charge is 0.480 e. The molecule has 0 saturated carbocycles. The normalized spacial score (nSPS) is 13.4. The van der Waals surface area contributed by atoms with E-state index in [-0.39, 0.29) is 18.7 Å². The van der Waals surface area contributed by atoms with Crippen LogP contribution in [0.25, 0.3) is 0 Å². The number of unbranched alkanes of at least 4 members (excludes halogenated alkanes) is 2. The summed E-state index contributed by atoms with van der Waals surface area (Å²) in [5, 5.41) is 27.2. The highest BCUT2D eigenvalue weighted by Gasteiger charge is 2.29. The molecule has 0 bridgehead atoms. The van der Waals surface area contributed by atoms with Gasteiger partial charge in [-0.15, -0.1) is 0 Å². The first-order valence-corrected chi connectivity index (χ1v) is 9.43. The molecule has 0 aliphatic rings. The Bertz CT molecular complexity index is 719. The fourth-order valence-electron chi connectivity index (χ4n) is 2.66. The van der Waals surface area contributed by atoms with Crippen molar-refractivity contribution < 1.29 is 24.6 Å². The summed E-state index contributed by atoms with van der Waals surface area (Å²) in [5.41, 5.74) is 7.37. The first-order valence-electron chi connectivity index (χ1n) is 9.43. The molecule has 0 fully saturated rings. The predicted octanol–water partition coefficient (Wildman–Crippen LogP) is 0.775. The number of rotatable bonds is 13. The molecule has 3 atom stereocenters. The summed E-state index contributed by atoms with van der Waals surface area (Å²) in [6.07, 6.45) is 1.13. The first kappa shape index (κ1) is 23.9. The van der Waals surface area contributed by atoms with Crippen molar-refractivity contribution >= 4 is 17.8 Å². The fraction of sp³-hybridized carbons (Fsp3) is 0.526. The van der Waals surface area contributed by atoms with E-state index >= 15 is 0 Å². The Labute approximate surface area is 168 Å². The van der Waals surface area contributed by atoms with Gasteiger partial charge in [-0.2, -0.15) is 0 Å². The highest BCUT2D eigenvalue weighted by Crippen LogP contribution is 2.06. The van der Waals surface area contributed by atoms with Crippen LogP contribution in [0.3, 0.4) is 0 Å². The highest BCUT2D eigenvalue weighted by atomic mass is 16.4. The van der Waals surface area contributed by atoms with Crippen molar-refractivity contribution in [2.24, 2.45) is 5.11 Å². The van der Waals surface area contributed by atoms with Gasteiger partial charge in [0.05, 0.1) is 6.10 Å². The molecule has 10 heteroatoms. The summed E-state index contributed by atoms with van der Waals surface area (Å²) in [4.78, 5) is 39.0. The molecule has 0 saturated heterocycles. The second-order valence-corrected chi connectivity index (χ2v) is 6.65. The number of nitrogens with one attached hydrogen (secondary N) is 3. The molecule has 0 heterocycles. The molecule has 0 radical (unpaired) electrons. The minimum atomic E-state index is -1.47. The van der Waals surface area contributed by atoms with Gasteiger partial charge in [0.1, 0.15) is 23.2 Å². The van der Waals surface area contributed by atoms with Crippen molar-refractivity contribution in [1.82, 2.24) is 15.5 Å². The summed E-state index contributed by atoms with van der Waals surface area (Å²) in [5.74, 6) is -2.36. The number of aliphatic hydroxyl groups excluding tert-OH is 1. The van der Waals surface area contributed by atoms with Crippen LogP contribution < -0.4 is 15.5 Å². The number of carbonyl (C=O) groups excluding carboxylic acids is 2. The van der Waals surface area contributed by atoms with Crippen molar-refractivity contribution in [3.8, 4) is 0 Å². The molecule has 2 amide bonds. The average molecular weight is 406 g/mol. The van der Waals surface area contributed by atoms with Gasteiger partial charge >= 0.3 is 5.97 Å². The van der Waals surface area contributed by atoms with E-state index in [1.54, 1.807) is 24.3 Å². The molecule has 1 rings (SSSR count). The minimum absolute atomic E-state index is 0.189. The molecule has 10 nitrogen and oxygen atoms in total. The molecule has 5 N–H and O–H groups in total. The molecular formula is C19H28N5O5+. The van der Waals surface area contributed by atoms with E-state index in [0.29, 0.717) is 19.4 Å². The van der Waals surface area contributed by atoms with Crippen LogP contribution in [0.4, 0.5) is 0 Å². The molecule has 1 aromatic rings. The number of nitrogens with zero attached hydrogens (tertiary/aromatic N) is 2. The molecule has 0 unspecified atom stereocenters. The van der Waals surface area contributed by atoms with Gasteiger partial charge in [0.15, 0.2) is 6.04 Å². The monoisotopic (exact) mass is 406 g/mol. The summed E-state index contributed by atoms with van der Waals surface area (Å²) in [6, 6.07) is 6.59. The Hall–Kier alpha value is -3.10. The molecule has 0 aliphatic carbocycles. The van der Waals surface area contributed by atoms with E-state index in [2.05, 4.69) is 20.7 Å². The van der Waals surface area contributed by atoms with Gasteiger partial charge < -0.3 is 20.8 Å². The van der Waals surface area contributed by atoms with E-state index in [4.69, 9.17) is 10.6 Å². The van der Waals surface area contributed by atoms with Crippen LogP contribution in [0, 0.1) is 5.53 Å². The summed E-state index contributed by atoms with van der Waals surface area (Å²) >= 11 is 0. The smallest absolute Gasteiger partial charge is 0.328 e. The number of benzene rings is 1. The Morgan fingerprint density at radius 1 is 1.14 bits per heavy atom. The number of aliphatic hydroxyl groups is 1. The van der Waals surface area contributed by atoms with Crippen LogP contribution in [0.5, 0.6) is 0 Å². The lowest BCUT2D eigenvalue weighted by molar-refractivity contribution is -0.145. The molecule has 1 aromatic carbocycles. The van der Waals surface area contributed by atoms with E-state index in [1.807, 2.05) is 6.07 Å². The third-order valence-electron chi connectivity index (χ3n) is 4.21. The van der Waals surface area contributed by atoms with Gasteiger partial charge in [0, 0.05) is 12.8 Å². The first-order chi connectivity index (χ1) is 13.8. The number of carboxylic acid groups (broad SMARTS) is 1. The number of carbonyl (C=O) groups is 3. The topological polar surface area (TPSA) is 166 Å². The number of hydrogen-bond acceptors (Lipinski definition) is 6. The summed E-state index contributed by atoms with van der Waals surface area (Å²) in [6.45, 7) is 1.70. The number of amides is 2. The highest BCUT2D eigenvalue weighted by molar-refractivity contribution is 5.90. The second-order valence-electron chi connectivity index (χ2n) is 6.65. The third kappa shape index (κ3) is 9.59. The quantitative estimate of drug-likeness (QED) is 0.185. The van der Waals surface area contributed by atoms with E-state index < -0.39 is 30.1 Å². The molecule has 0 aliphatic heterocycles. The van der Waals surface area contributed by atoms with Crippen LogP contribution >= 0.6 is 0 Å². The van der Waals surface area contributed by atoms with Crippen LogP contribution in [-0.2, 0) is 20.8 Å². The Kier molecular flexibility index (Phi) is 10.8. The maximum atomic E-state index is 12.6. The molecule has 158 valence electrons. The second kappa shape index (κ2) is 13.1. The molecule has 0 spiro atoms. The van der Waals surface area contributed by atoms with Gasteiger partial charge in [0.2, 0.25) is 16.7 Å². The van der Waals surface area contributed by atoms with Gasteiger partial charge in [-0.3, -0.25) is 9.59 Å². The van der Waals surface area contributed by atoms with Crippen molar-refractivity contribution in [3.63, 3.8) is 0 Å². The molecular weight excluding hydrogens is 378 g/mol. The predicted molar refractivity (Wildman–Crippen MR) is 104 cm³/mol. The lowest BCUT2D eigenvalue weighted by atomic mass is 10.0. The third-order valence-corrected chi connectivity index (χ3v) is 4.21. The van der Waals surface area contributed by atoms with E-state index in [1.165, 1.54) is 6.92 Å². The zero-order valence-electron chi connectivity index (χ0n) is 16.4. The average Bonchev–Trinajstić information content (AvgIpc) is 2.68. The maximum absolute atomic E-state index is 12.6. The van der Waals surface area contributed by atoms with Gasteiger partial charge in [0.25, 0.3) is 0 Å². The Balaban J connectivity index is 2.72. The Morgan fingerprint density at radius 3 is 2.41 bits per heavy atom. The SMILES string of the molecule is C[C@@H](O)[C@H](NC(=O)[C@@H](Cc1ccccc1)NC(=O)CCCCCN=[N+]=N)C(=O)O. The van der Waals surface area contributed by atoms with Gasteiger partial charge in [-0.25, -0.2) is 4.79 Å². The van der Waals surface area contributed by atoms with Crippen LogP contribution in [0.1, 0.15) is 38.2 Å². The maximum Gasteiger partial charge on any atom is 0.328 e. The van der Waals surface area contributed by atoms with Crippen molar-refractivity contribution in [2.75, 3.05) is 6.54 Å². The van der Waals surface area contributed by atoms with E-state index in [9.17, 15) is 19.5 Å². The summed E-state index contributed by atoms with van der Waals surface area (Å²) in [7, 11) is 0. The van der Waals surface area contributed by atoms with Crippen LogP contribution in [0.2, 0.25) is 0 Å².